The molecular weight excluding hydrogens is 308 g/mol. The first-order chi connectivity index (χ1) is 10.3. The Labute approximate surface area is 127 Å². The number of nitrogens with one attached hydrogen (secondary N) is 1. The SMILES string of the molecule is Cc1ccnc(OCC(=O)Nc2ccc(S(N)(=O)=O)cc2)n1. The van der Waals surface area contributed by atoms with Gasteiger partial charge in [0, 0.05) is 17.6 Å². The molecular formula is C13H14N4O4S. The smallest absolute Gasteiger partial charge is 0.317 e. The molecule has 1 aromatic heterocycles. The number of hydrogen-bond acceptors (Lipinski definition) is 6. The van der Waals surface area contributed by atoms with E-state index >= 15 is 0 Å². The fourth-order valence-corrected chi connectivity index (χ4v) is 2.07. The van der Waals surface area contributed by atoms with Gasteiger partial charge >= 0.3 is 6.01 Å². The van der Waals surface area contributed by atoms with Crippen LogP contribution in [0.5, 0.6) is 6.01 Å². The predicted molar refractivity (Wildman–Crippen MR) is 78.7 cm³/mol. The molecule has 0 fully saturated rings. The van der Waals surface area contributed by atoms with E-state index in [1.165, 1.54) is 30.5 Å². The molecule has 1 aromatic carbocycles. The van der Waals surface area contributed by atoms with Crippen LogP contribution in [-0.4, -0.2) is 30.9 Å². The van der Waals surface area contributed by atoms with E-state index in [1.54, 1.807) is 13.0 Å². The predicted octanol–water partition coefficient (Wildman–Crippen LogP) is 0.450. The number of rotatable bonds is 5. The number of benzene rings is 1. The first-order valence-electron chi connectivity index (χ1n) is 6.20. The normalized spacial score (nSPS) is 11.0. The van der Waals surface area contributed by atoms with Gasteiger partial charge < -0.3 is 10.1 Å². The molecule has 0 aliphatic rings. The molecule has 0 spiro atoms. The number of amides is 1. The first kappa shape index (κ1) is 15.9. The van der Waals surface area contributed by atoms with Crippen LogP contribution in [0.1, 0.15) is 5.69 Å². The zero-order valence-corrected chi connectivity index (χ0v) is 12.5. The number of carbonyl (C=O) groups is 1. The molecule has 0 saturated carbocycles. The molecule has 0 aliphatic heterocycles. The van der Waals surface area contributed by atoms with Crippen LogP contribution in [-0.2, 0) is 14.8 Å². The molecule has 3 N–H and O–H groups in total. The van der Waals surface area contributed by atoms with Crippen LogP contribution >= 0.6 is 0 Å². The molecule has 0 atom stereocenters. The minimum absolute atomic E-state index is 0.0325. The zero-order valence-electron chi connectivity index (χ0n) is 11.7. The van der Waals surface area contributed by atoms with Crippen LogP contribution in [0.2, 0.25) is 0 Å². The Hall–Kier alpha value is -2.52. The lowest BCUT2D eigenvalue weighted by atomic mass is 10.3. The Bertz CT molecular complexity index is 775. The van der Waals surface area contributed by atoms with Crippen molar-refractivity contribution < 1.29 is 17.9 Å². The van der Waals surface area contributed by atoms with E-state index in [2.05, 4.69) is 15.3 Å². The maximum absolute atomic E-state index is 11.7. The third-order valence-electron chi connectivity index (χ3n) is 2.57. The van der Waals surface area contributed by atoms with Crippen molar-refractivity contribution in [2.75, 3.05) is 11.9 Å². The lowest BCUT2D eigenvalue weighted by Gasteiger charge is -2.07. The van der Waals surface area contributed by atoms with Gasteiger partial charge in [0.05, 0.1) is 4.90 Å². The molecule has 9 heteroatoms. The monoisotopic (exact) mass is 322 g/mol. The Morgan fingerprint density at radius 1 is 1.27 bits per heavy atom. The summed E-state index contributed by atoms with van der Waals surface area (Å²) in [5.74, 6) is -0.423. The van der Waals surface area contributed by atoms with E-state index in [4.69, 9.17) is 9.88 Å². The van der Waals surface area contributed by atoms with Crippen molar-refractivity contribution in [2.24, 2.45) is 5.14 Å². The number of nitrogens with two attached hydrogens (primary N) is 1. The topological polar surface area (TPSA) is 124 Å². The van der Waals surface area contributed by atoms with Gasteiger partial charge in [-0.05, 0) is 37.3 Å². The number of hydrogen-bond donors (Lipinski definition) is 2. The number of nitrogens with zero attached hydrogens (tertiary/aromatic N) is 2. The second kappa shape index (κ2) is 6.50. The highest BCUT2D eigenvalue weighted by Gasteiger charge is 2.09. The number of ether oxygens (including phenoxy) is 1. The number of primary sulfonamides is 1. The second-order valence-corrected chi connectivity index (χ2v) is 5.95. The summed E-state index contributed by atoms with van der Waals surface area (Å²) in [5.41, 5.74) is 1.15. The minimum Gasteiger partial charge on any atom is -0.453 e. The van der Waals surface area contributed by atoms with E-state index < -0.39 is 15.9 Å². The Morgan fingerprint density at radius 2 is 1.95 bits per heavy atom. The number of carbonyl (C=O) groups excluding carboxylic acids is 1. The lowest BCUT2D eigenvalue weighted by molar-refractivity contribution is -0.118. The quantitative estimate of drug-likeness (QED) is 0.823. The van der Waals surface area contributed by atoms with Crippen molar-refractivity contribution in [3.63, 3.8) is 0 Å². The van der Waals surface area contributed by atoms with Gasteiger partial charge in [0.25, 0.3) is 5.91 Å². The maximum atomic E-state index is 11.7. The third kappa shape index (κ3) is 4.50. The van der Waals surface area contributed by atoms with Crippen molar-refractivity contribution in [3.05, 3.63) is 42.2 Å². The van der Waals surface area contributed by atoms with Gasteiger partial charge in [0.1, 0.15) is 0 Å². The van der Waals surface area contributed by atoms with Crippen LogP contribution < -0.4 is 15.2 Å². The van der Waals surface area contributed by atoms with E-state index in [0.29, 0.717) is 5.69 Å². The van der Waals surface area contributed by atoms with Crippen LogP contribution in [0.4, 0.5) is 5.69 Å². The van der Waals surface area contributed by atoms with Gasteiger partial charge in [-0.1, -0.05) is 0 Å². The van der Waals surface area contributed by atoms with E-state index in [-0.39, 0.29) is 17.5 Å². The maximum Gasteiger partial charge on any atom is 0.317 e. The van der Waals surface area contributed by atoms with Crippen LogP contribution in [0.3, 0.4) is 0 Å². The van der Waals surface area contributed by atoms with Crippen molar-refractivity contribution >= 4 is 21.6 Å². The van der Waals surface area contributed by atoms with E-state index in [1.807, 2.05) is 0 Å². The molecule has 0 aliphatic carbocycles. The minimum atomic E-state index is -3.75. The third-order valence-corrected chi connectivity index (χ3v) is 3.50. The number of aromatic nitrogens is 2. The highest BCUT2D eigenvalue weighted by Crippen LogP contribution is 2.12. The van der Waals surface area contributed by atoms with Gasteiger partial charge in [0.15, 0.2) is 6.61 Å². The molecule has 22 heavy (non-hydrogen) atoms. The fraction of sp³-hybridized carbons (Fsp3) is 0.154. The molecule has 0 unspecified atom stereocenters. The van der Waals surface area contributed by atoms with Gasteiger partial charge in [-0.15, -0.1) is 0 Å². The molecule has 2 rings (SSSR count). The second-order valence-electron chi connectivity index (χ2n) is 4.39. The molecule has 2 aromatic rings. The molecule has 116 valence electrons. The van der Waals surface area contributed by atoms with Gasteiger partial charge in [-0.25, -0.2) is 23.5 Å². The van der Waals surface area contributed by atoms with Crippen LogP contribution in [0.15, 0.2) is 41.4 Å². The van der Waals surface area contributed by atoms with Gasteiger partial charge in [-0.3, -0.25) is 4.79 Å². The Morgan fingerprint density at radius 3 is 2.55 bits per heavy atom. The van der Waals surface area contributed by atoms with E-state index in [0.717, 1.165) is 5.69 Å². The summed E-state index contributed by atoms with van der Waals surface area (Å²) in [5, 5.41) is 7.53. The molecule has 0 bridgehead atoms. The lowest BCUT2D eigenvalue weighted by Crippen LogP contribution is -2.21. The van der Waals surface area contributed by atoms with Gasteiger partial charge in [0.2, 0.25) is 10.0 Å². The van der Waals surface area contributed by atoms with Crippen LogP contribution in [0.25, 0.3) is 0 Å². The molecule has 0 radical (unpaired) electrons. The van der Waals surface area contributed by atoms with Gasteiger partial charge in [-0.2, -0.15) is 0 Å². The summed E-state index contributed by atoms with van der Waals surface area (Å²) < 4.78 is 27.4. The average molecular weight is 322 g/mol. The first-order valence-corrected chi connectivity index (χ1v) is 7.74. The molecule has 1 heterocycles. The highest BCUT2D eigenvalue weighted by molar-refractivity contribution is 7.89. The van der Waals surface area contributed by atoms with Crippen molar-refractivity contribution in [1.29, 1.82) is 0 Å². The molecule has 8 nitrogen and oxygen atoms in total. The van der Waals surface area contributed by atoms with Crippen molar-refractivity contribution in [1.82, 2.24) is 9.97 Å². The molecule has 1 amide bonds. The number of sulfonamides is 1. The Balaban J connectivity index is 1.92. The summed E-state index contributed by atoms with van der Waals surface area (Å²) in [6.07, 6.45) is 1.53. The Kier molecular flexibility index (Phi) is 4.68. The van der Waals surface area contributed by atoms with E-state index in [9.17, 15) is 13.2 Å². The standard InChI is InChI=1S/C13H14N4O4S/c1-9-6-7-15-13(16-9)21-8-12(18)17-10-2-4-11(5-3-10)22(14,19)20/h2-7H,8H2,1H3,(H,17,18)(H2,14,19,20). The average Bonchev–Trinajstić information content (AvgIpc) is 2.45. The van der Waals surface area contributed by atoms with Crippen molar-refractivity contribution in [3.8, 4) is 6.01 Å². The summed E-state index contributed by atoms with van der Waals surface area (Å²) in [7, 11) is -3.75. The highest BCUT2D eigenvalue weighted by atomic mass is 32.2. The summed E-state index contributed by atoms with van der Waals surface area (Å²) in [6, 6.07) is 7.28. The fourth-order valence-electron chi connectivity index (χ4n) is 1.55. The van der Waals surface area contributed by atoms with Crippen LogP contribution in [0, 0.1) is 6.92 Å². The summed E-state index contributed by atoms with van der Waals surface area (Å²) in [4.78, 5) is 19.5. The molecule has 0 saturated heterocycles. The number of anilines is 1. The largest absolute Gasteiger partial charge is 0.453 e. The number of aryl methyl sites for hydroxylation is 1. The zero-order chi connectivity index (χ0) is 16.2. The summed E-state index contributed by atoms with van der Waals surface area (Å²) in [6.45, 7) is 1.52. The summed E-state index contributed by atoms with van der Waals surface area (Å²) >= 11 is 0. The van der Waals surface area contributed by atoms with Crippen molar-refractivity contribution in [2.45, 2.75) is 11.8 Å².